The number of halogens is 2. The fourth-order valence-corrected chi connectivity index (χ4v) is 2.37. The third-order valence-corrected chi connectivity index (χ3v) is 3.79. The van der Waals surface area contributed by atoms with Crippen molar-refractivity contribution in [3.63, 3.8) is 0 Å². The van der Waals surface area contributed by atoms with Crippen LogP contribution in [-0.4, -0.2) is 18.1 Å². The van der Waals surface area contributed by atoms with Crippen LogP contribution in [0.3, 0.4) is 0 Å². The SMILES string of the molecule is O=C(N/N=C/c1ccc(OC(=O)c2ccccc2F)cc1)c1ccc(Br)o1. The molecule has 27 heavy (non-hydrogen) atoms. The molecule has 0 unspecified atom stereocenters. The largest absolute Gasteiger partial charge is 0.444 e. The van der Waals surface area contributed by atoms with Crippen LogP contribution in [0.15, 0.2) is 74.9 Å². The van der Waals surface area contributed by atoms with Gasteiger partial charge < -0.3 is 9.15 Å². The first-order valence-electron chi connectivity index (χ1n) is 7.68. The highest BCUT2D eigenvalue weighted by atomic mass is 79.9. The number of hydrogen-bond donors (Lipinski definition) is 1. The molecule has 0 saturated heterocycles. The van der Waals surface area contributed by atoms with Crippen molar-refractivity contribution in [1.82, 2.24) is 5.43 Å². The van der Waals surface area contributed by atoms with Gasteiger partial charge in [0.25, 0.3) is 0 Å². The Kier molecular flexibility index (Phi) is 5.77. The summed E-state index contributed by atoms with van der Waals surface area (Å²) in [5.41, 5.74) is 2.84. The second-order valence-electron chi connectivity index (χ2n) is 5.24. The van der Waals surface area contributed by atoms with Crippen molar-refractivity contribution in [2.75, 3.05) is 0 Å². The monoisotopic (exact) mass is 430 g/mol. The van der Waals surface area contributed by atoms with E-state index in [1.54, 1.807) is 24.3 Å². The van der Waals surface area contributed by atoms with E-state index in [4.69, 9.17) is 9.15 Å². The standard InChI is InChI=1S/C19H12BrFN2O4/c20-17-10-9-16(27-17)18(24)23-22-11-12-5-7-13(8-6-12)26-19(25)14-3-1-2-4-15(14)21/h1-11H,(H,23,24)/b22-11+. The predicted octanol–water partition coefficient (Wildman–Crippen LogP) is 4.16. The van der Waals surface area contributed by atoms with Crippen molar-refractivity contribution in [3.8, 4) is 5.75 Å². The summed E-state index contributed by atoms with van der Waals surface area (Å²) in [5.74, 6) is -1.55. The van der Waals surface area contributed by atoms with Crippen molar-refractivity contribution >= 4 is 34.0 Å². The minimum atomic E-state index is -0.786. The quantitative estimate of drug-likeness (QED) is 0.285. The van der Waals surface area contributed by atoms with Crippen LogP contribution in [0.2, 0.25) is 0 Å². The highest BCUT2D eigenvalue weighted by Gasteiger charge is 2.13. The summed E-state index contributed by atoms with van der Waals surface area (Å²) in [5, 5.41) is 3.82. The van der Waals surface area contributed by atoms with Crippen LogP contribution < -0.4 is 10.2 Å². The molecule has 1 heterocycles. The van der Waals surface area contributed by atoms with Crippen molar-refractivity contribution in [3.05, 3.63) is 88.0 Å². The number of rotatable bonds is 5. The van der Waals surface area contributed by atoms with Crippen LogP contribution >= 0.6 is 15.9 Å². The summed E-state index contributed by atoms with van der Waals surface area (Å²) in [6.07, 6.45) is 1.42. The first kappa shape index (κ1) is 18.5. The molecule has 3 rings (SSSR count). The van der Waals surface area contributed by atoms with E-state index in [0.717, 1.165) is 0 Å². The van der Waals surface area contributed by atoms with Gasteiger partial charge in [-0.25, -0.2) is 14.6 Å². The Morgan fingerprint density at radius 3 is 2.48 bits per heavy atom. The number of nitrogens with one attached hydrogen (secondary N) is 1. The first-order chi connectivity index (χ1) is 13.0. The number of esters is 1. The fraction of sp³-hybridized carbons (Fsp3) is 0. The summed E-state index contributed by atoms with van der Waals surface area (Å²) < 4.78 is 24.2. The van der Waals surface area contributed by atoms with Crippen LogP contribution in [0, 0.1) is 5.82 Å². The number of amides is 1. The summed E-state index contributed by atoms with van der Waals surface area (Å²) in [7, 11) is 0. The third-order valence-electron chi connectivity index (χ3n) is 3.36. The Morgan fingerprint density at radius 1 is 1.07 bits per heavy atom. The van der Waals surface area contributed by atoms with E-state index in [-0.39, 0.29) is 17.1 Å². The Balaban J connectivity index is 1.58. The lowest BCUT2D eigenvalue weighted by atomic mass is 10.2. The van der Waals surface area contributed by atoms with Gasteiger partial charge in [-0.2, -0.15) is 5.10 Å². The van der Waals surface area contributed by atoms with E-state index in [9.17, 15) is 14.0 Å². The number of hydrazone groups is 1. The van der Waals surface area contributed by atoms with Crippen LogP contribution in [-0.2, 0) is 0 Å². The van der Waals surface area contributed by atoms with E-state index in [2.05, 4.69) is 26.5 Å². The van der Waals surface area contributed by atoms with E-state index < -0.39 is 17.7 Å². The van der Waals surface area contributed by atoms with E-state index in [1.807, 2.05) is 0 Å². The number of carbonyl (C=O) groups is 2. The molecular formula is C19H12BrFN2O4. The molecule has 1 aromatic heterocycles. The lowest BCUT2D eigenvalue weighted by molar-refractivity contribution is 0.0729. The zero-order chi connectivity index (χ0) is 19.2. The topological polar surface area (TPSA) is 80.9 Å². The number of hydrogen-bond acceptors (Lipinski definition) is 5. The molecule has 3 aromatic rings. The lowest BCUT2D eigenvalue weighted by Crippen LogP contribution is -2.16. The lowest BCUT2D eigenvalue weighted by Gasteiger charge is -2.05. The minimum absolute atomic E-state index is 0.120. The van der Waals surface area contributed by atoms with Crippen molar-refractivity contribution in [2.24, 2.45) is 5.10 Å². The Hall–Kier alpha value is -3.26. The maximum absolute atomic E-state index is 13.6. The number of furan rings is 1. The van der Waals surface area contributed by atoms with Crippen LogP contribution in [0.25, 0.3) is 0 Å². The molecule has 0 saturated carbocycles. The maximum atomic E-state index is 13.6. The third kappa shape index (κ3) is 4.89. The second kappa shape index (κ2) is 8.41. The van der Waals surface area contributed by atoms with E-state index in [0.29, 0.717) is 10.2 Å². The second-order valence-corrected chi connectivity index (χ2v) is 6.02. The highest BCUT2D eigenvalue weighted by molar-refractivity contribution is 9.10. The number of carbonyl (C=O) groups excluding carboxylic acids is 2. The molecule has 0 bridgehead atoms. The van der Waals surface area contributed by atoms with Crippen LogP contribution in [0.5, 0.6) is 5.75 Å². The molecule has 0 atom stereocenters. The normalized spacial score (nSPS) is 10.7. The average Bonchev–Trinajstić information content (AvgIpc) is 3.10. The summed E-state index contributed by atoms with van der Waals surface area (Å²) in [6, 6.07) is 15.0. The summed E-state index contributed by atoms with van der Waals surface area (Å²) >= 11 is 3.11. The van der Waals surface area contributed by atoms with Gasteiger partial charge in [-0.15, -0.1) is 0 Å². The molecular weight excluding hydrogens is 419 g/mol. The molecule has 2 aromatic carbocycles. The molecule has 0 aliphatic rings. The van der Waals surface area contributed by atoms with Gasteiger partial charge >= 0.3 is 11.9 Å². The Labute approximate surface area is 161 Å². The van der Waals surface area contributed by atoms with Crippen LogP contribution in [0.4, 0.5) is 4.39 Å². The zero-order valence-corrected chi connectivity index (χ0v) is 15.3. The molecule has 0 spiro atoms. The van der Waals surface area contributed by atoms with Crippen LogP contribution in [0.1, 0.15) is 26.5 Å². The van der Waals surface area contributed by atoms with Gasteiger partial charge in [0.15, 0.2) is 10.4 Å². The minimum Gasteiger partial charge on any atom is -0.444 e. The van der Waals surface area contributed by atoms with Gasteiger partial charge in [0.1, 0.15) is 11.6 Å². The van der Waals surface area contributed by atoms with Crippen molar-refractivity contribution < 1.29 is 23.1 Å². The zero-order valence-electron chi connectivity index (χ0n) is 13.7. The van der Waals surface area contributed by atoms with E-state index >= 15 is 0 Å². The van der Waals surface area contributed by atoms with Gasteiger partial charge in [-0.1, -0.05) is 12.1 Å². The maximum Gasteiger partial charge on any atom is 0.346 e. The molecule has 8 heteroatoms. The number of benzene rings is 2. The molecule has 0 fully saturated rings. The average molecular weight is 431 g/mol. The van der Waals surface area contributed by atoms with Gasteiger partial charge in [0.05, 0.1) is 11.8 Å². The number of ether oxygens (including phenoxy) is 1. The molecule has 1 N–H and O–H groups in total. The fourth-order valence-electron chi connectivity index (χ4n) is 2.07. The summed E-state index contributed by atoms with van der Waals surface area (Å²) in [4.78, 5) is 23.7. The first-order valence-corrected chi connectivity index (χ1v) is 8.48. The Morgan fingerprint density at radius 2 is 1.81 bits per heavy atom. The van der Waals surface area contributed by atoms with E-state index in [1.165, 1.54) is 42.6 Å². The number of nitrogens with zero attached hydrogens (tertiary/aromatic N) is 1. The smallest absolute Gasteiger partial charge is 0.346 e. The molecule has 1 amide bonds. The van der Waals surface area contributed by atoms with Crippen molar-refractivity contribution in [2.45, 2.75) is 0 Å². The highest BCUT2D eigenvalue weighted by Crippen LogP contribution is 2.16. The molecule has 0 aliphatic heterocycles. The Bertz CT molecular complexity index is 999. The van der Waals surface area contributed by atoms with Gasteiger partial charge in [0, 0.05) is 0 Å². The molecule has 6 nitrogen and oxygen atoms in total. The molecule has 0 aliphatic carbocycles. The van der Waals surface area contributed by atoms with Gasteiger partial charge in [-0.3, -0.25) is 4.79 Å². The summed E-state index contributed by atoms with van der Waals surface area (Å²) in [6.45, 7) is 0. The molecule has 0 radical (unpaired) electrons. The predicted molar refractivity (Wildman–Crippen MR) is 99.3 cm³/mol. The van der Waals surface area contributed by atoms with Gasteiger partial charge in [-0.05, 0) is 70.0 Å². The molecule has 136 valence electrons. The van der Waals surface area contributed by atoms with Gasteiger partial charge in [0.2, 0.25) is 0 Å². The van der Waals surface area contributed by atoms with Crippen molar-refractivity contribution in [1.29, 1.82) is 0 Å².